The molecule has 1 heterocycles. The second-order valence-corrected chi connectivity index (χ2v) is 4.83. The van der Waals surface area contributed by atoms with Gasteiger partial charge in [0.25, 0.3) is 0 Å². The molecule has 3 nitrogen and oxygen atoms in total. The molecule has 88 valence electrons. The highest BCUT2D eigenvalue weighted by Gasteiger charge is 1.99. The Morgan fingerprint density at radius 3 is 2.82 bits per heavy atom. The van der Waals surface area contributed by atoms with Gasteiger partial charge in [0.05, 0.1) is 10.7 Å². The normalized spacial score (nSPS) is 10.5. The highest BCUT2D eigenvalue weighted by molar-refractivity contribution is 9.10. The lowest BCUT2D eigenvalue weighted by atomic mass is 10.2. The molecule has 0 fully saturated rings. The van der Waals surface area contributed by atoms with Crippen molar-refractivity contribution in [2.75, 3.05) is 0 Å². The molecule has 0 aliphatic rings. The Balaban J connectivity index is 1.88. The summed E-state index contributed by atoms with van der Waals surface area (Å²) in [7, 11) is 0. The van der Waals surface area contributed by atoms with Crippen molar-refractivity contribution in [2.24, 2.45) is 0 Å². The second kappa shape index (κ2) is 6.10. The van der Waals surface area contributed by atoms with Crippen LogP contribution >= 0.6 is 27.5 Å². The molecule has 1 aromatic carbocycles. The third-order valence-electron chi connectivity index (χ3n) is 2.25. The summed E-state index contributed by atoms with van der Waals surface area (Å²) < 4.78 is 0.914. The maximum Gasteiger partial charge on any atom is 0.0769 e. The molecule has 0 atom stereocenters. The van der Waals surface area contributed by atoms with E-state index in [4.69, 9.17) is 11.6 Å². The van der Waals surface area contributed by atoms with E-state index in [2.05, 4.69) is 31.4 Å². The van der Waals surface area contributed by atoms with E-state index in [1.54, 1.807) is 6.20 Å². The minimum Gasteiger partial charge on any atom is -0.307 e. The van der Waals surface area contributed by atoms with Crippen LogP contribution in [0, 0.1) is 0 Å². The van der Waals surface area contributed by atoms with Gasteiger partial charge < -0.3 is 5.32 Å². The van der Waals surface area contributed by atoms with Crippen molar-refractivity contribution in [1.82, 2.24) is 15.5 Å². The molecule has 5 heteroatoms. The average Bonchev–Trinajstić information content (AvgIpc) is 2.35. The Bertz CT molecular complexity index is 490. The van der Waals surface area contributed by atoms with Crippen LogP contribution in [0.3, 0.4) is 0 Å². The van der Waals surface area contributed by atoms with Gasteiger partial charge in [-0.25, -0.2) is 0 Å². The number of nitrogens with one attached hydrogen (secondary N) is 1. The van der Waals surface area contributed by atoms with Crippen LogP contribution in [0.4, 0.5) is 0 Å². The van der Waals surface area contributed by atoms with Gasteiger partial charge in [-0.1, -0.05) is 17.7 Å². The van der Waals surface area contributed by atoms with Gasteiger partial charge in [0.1, 0.15) is 0 Å². The molecular formula is C12H11BrClN3. The smallest absolute Gasteiger partial charge is 0.0769 e. The van der Waals surface area contributed by atoms with Crippen molar-refractivity contribution >= 4 is 27.5 Å². The number of nitrogens with zero attached hydrogens (tertiary/aromatic N) is 2. The number of hydrogen-bond donors (Lipinski definition) is 1. The molecule has 2 aromatic rings. The zero-order valence-electron chi connectivity index (χ0n) is 9.03. The summed E-state index contributed by atoms with van der Waals surface area (Å²) in [4.78, 5) is 0. The number of rotatable bonds is 4. The monoisotopic (exact) mass is 311 g/mol. The summed E-state index contributed by atoms with van der Waals surface area (Å²) in [6, 6.07) is 9.73. The summed E-state index contributed by atoms with van der Waals surface area (Å²) in [6.07, 6.45) is 1.66. The first kappa shape index (κ1) is 12.5. The van der Waals surface area contributed by atoms with Gasteiger partial charge in [-0.05, 0) is 45.8 Å². The second-order valence-electron chi connectivity index (χ2n) is 3.57. The Morgan fingerprint density at radius 1 is 1.24 bits per heavy atom. The topological polar surface area (TPSA) is 37.8 Å². The molecule has 0 amide bonds. The Hall–Kier alpha value is -0.970. The van der Waals surface area contributed by atoms with Gasteiger partial charge in [0, 0.05) is 23.8 Å². The Labute approximate surface area is 113 Å². The first-order valence-electron chi connectivity index (χ1n) is 5.17. The van der Waals surface area contributed by atoms with E-state index < -0.39 is 0 Å². The van der Waals surface area contributed by atoms with Crippen molar-refractivity contribution in [1.29, 1.82) is 0 Å². The van der Waals surface area contributed by atoms with Gasteiger partial charge in [-0.2, -0.15) is 10.2 Å². The van der Waals surface area contributed by atoms with Crippen LogP contribution in [0.25, 0.3) is 0 Å². The fourth-order valence-corrected chi connectivity index (χ4v) is 1.86. The number of benzene rings is 1. The van der Waals surface area contributed by atoms with Gasteiger partial charge >= 0.3 is 0 Å². The zero-order chi connectivity index (χ0) is 12.1. The van der Waals surface area contributed by atoms with Crippen molar-refractivity contribution < 1.29 is 0 Å². The minimum atomic E-state index is 0.696. The van der Waals surface area contributed by atoms with Crippen LogP contribution in [0.1, 0.15) is 11.3 Å². The third-order valence-corrected chi connectivity index (χ3v) is 3.48. The first-order valence-corrected chi connectivity index (χ1v) is 6.34. The largest absolute Gasteiger partial charge is 0.307 e. The van der Waals surface area contributed by atoms with E-state index >= 15 is 0 Å². The van der Waals surface area contributed by atoms with Crippen molar-refractivity contribution in [3.05, 3.63) is 57.3 Å². The molecule has 0 aliphatic heterocycles. The molecule has 1 aromatic heterocycles. The predicted molar refractivity (Wildman–Crippen MR) is 71.7 cm³/mol. The van der Waals surface area contributed by atoms with Crippen molar-refractivity contribution in [3.63, 3.8) is 0 Å². The van der Waals surface area contributed by atoms with Crippen LogP contribution in [-0.4, -0.2) is 10.2 Å². The average molecular weight is 313 g/mol. The number of halogens is 2. The molecule has 2 rings (SSSR count). The molecule has 0 unspecified atom stereocenters. The van der Waals surface area contributed by atoms with E-state index in [0.717, 1.165) is 27.3 Å². The van der Waals surface area contributed by atoms with Crippen LogP contribution < -0.4 is 5.32 Å². The lowest BCUT2D eigenvalue weighted by molar-refractivity contribution is 0.670. The lowest BCUT2D eigenvalue weighted by Gasteiger charge is -2.05. The highest BCUT2D eigenvalue weighted by atomic mass is 79.9. The summed E-state index contributed by atoms with van der Waals surface area (Å²) in [5.74, 6) is 0. The molecule has 0 spiro atoms. The fourth-order valence-electron chi connectivity index (χ4n) is 1.41. The quantitative estimate of drug-likeness (QED) is 0.942. The zero-order valence-corrected chi connectivity index (χ0v) is 11.4. The van der Waals surface area contributed by atoms with Gasteiger partial charge in [-0.3, -0.25) is 0 Å². The molecule has 0 saturated carbocycles. The van der Waals surface area contributed by atoms with Crippen LogP contribution in [0.5, 0.6) is 0 Å². The van der Waals surface area contributed by atoms with Gasteiger partial charge in [0.15, 0.2) is 0 Å². The van der Waals surface area contributed by atoms with Crippen LogP contribution in [-0.2, 0) is 13.1 Å². The first-order chi connectivity index (χ1) is 8.25. The fraction of sp³-hybridized carbons (Fsp3) is 0.167. The van der Waals surface area contributed by atoms with E-state index in [9.17, 15) is 0 Å². The van der Waals surface area contributed by atoms with E-state index in [-0.39, 0.29) is 0 Å². The Morgan fingerprint density at radius 2 is 2.12 bits per heavy atom. The van der Waals surface area contributed by atoms with E-state index in [0.29, 0.717) is 6.54 Å². The Kier molecular flexibility index (Phi) is 4.48. The number of aromatic nitrogens is 2. The summed E-state index contributed by atoms with van der Waals surface area (Å²) >= 11 is 9.38. The van der Waals surface area contributed by atoms with E-state index in [1.807, 2.05) is 30.3 Å². The minimum absolute atomic E-state index is 0.696. The molecular weight excluding hydrogens is 302 g/mol. The van der Waals surface area contributed by atoms with Crippen molar-refractivity contribution in [3.8, 4) is 0 Å². The molecule has 0 saturated heterocycles. The summed E-state index contributed by atoms with van der Waals surface area (Å²) in [5, 5.41) is 11.8. The molecule has 0 aliphatic carbocycles. The summed E-state index contributed by atoms with van der Waals surface area (Å²) in [6.45, 7) is 1.45. The standard InChI is InChI=1S/C12H11BrClN3/c13-11-4-3-9(6-12(11)14)7-15-8-10-2-1-5-16-17-10/h1-6,15H,7-8H2. The maximum atomic E-state index is 6.01. The molecule has 17 heavy (non-hydrogen) atoms. The molecule has 1 N–H and O–H groups in total. The summed E-state index contributed by atoms with van der Waals surface area (Å²) in [5.41, 5.74) is 2.07. The number of hydrogen-bond acceptors (Lipinski definition) is 3. The SMILES string of the molecule is Clc1cc(CNCc2cccnn2)ccc1Br. The van der Waals surface area contributed by atoms with Crippen LogP contribution in [0.2, 0.25) is 5.02 Å². The molecule has 0 bridgehead atoms. The van der Waals surface area contributed by atoms with Crippen LogP contribution in [0.15, 0.2) is 41.0 Å². The maximum absolute atomic E-state index is 6.01. The third kappa shape index (κ3) is 3.77. The highest BCUT2D eigenvalue weighted by Crippen LogP contribution is 2.23. The lowest BCUT2D eigenvalue weighted by Crippen LogP contribution is -2.13. The molecule has 0 radical (unpaired) electrons. The van der Waals surface area contributed by atoms with E-state index in [1.165, 1.54) is 0 Å². The van der Waals surface area contributed by atoms with Gasteiger partial charge in [0.2, 0.25) is 0 Å². The predicted octanol–water partition coefficient (Wildman–Crippen LogP) is 3.18. The van der Waals surface area contributed by atoms with Crippen molar-refractivity contribution in [2.45, 2.75) is 13.1 Å². The van der Waals surface area contributed by atoms with Gasteiger partial charge in [-0.15, -0.1) is 0 Å².